The number of halogens is 1. The number of hydrogen-bond acceptors (Lipinski definition) is 7. The third-order valence-electron chi connectivity index (χ3n) is 5.80. The first-order chi connectivity index (χ1) is 17.0. The van der Waals surface area contributed by atoms with Crippen molar-refractivity contribution in [1.82, 2.24) is 24.5 Å². The molecule has 11 nitrogen and oxygen atoms in total. The highest BCUT2D eigenvalue weighted by atomic mass is 32.2. The normalized spacial score (nSPS) is 15.6. The van der Waals surface area contributed by atoms with Crippen molar-refractivity contribution in [3.63, 3.8) is 0 Å². The monoisotopic (exact) mass is 515 g/mol. The van der Waals surface area contributed by atoms with Crippen LogP contribution < -0.4 is 14.7 Å². The van der Waals surface area contributed by atoms with Gasteiger partial charge in [0.05, 0.1) is 5.52 Å². The van der Waals surface area contributed by atoms with E-state index in [1.807, 2.05) is 0 Å². The molecule has 2 aromatic heterocycles. The van der Waals surface area contributed by atoms with Gasteiger partial charge in [-0.3, -0.25) is 14.6 Å². The molecule has 0 aliphatic carbocycles. The number of pyridine rings is 2. The van der Waals surface area contributed by atoms with E-state index in [9.17, 15) is 27.5 Å². The zero-order chi connectivity index (χ0) is 26.2. The van der Waals surface area contributed by atoms with Gasteiger partial charge in [-0.2, -0.15) is 12.7 Å². The molecule has 1 fully saturated rings. The molecule has 1 saturated heterocycles. The molecule has 1 N–H and O–H groups in total. The maximum Gasteiger partial charge on any atom is 0.305 e. The second kappa shape index (κ2) is 9.66. The van der Waals surface area contributed by atoms with Crippen LogP contribution in [0.5, 0.6) is 5.75 Å². The van der Waals surface area contributed by atoms with E-state index >= 15 is 0 Å². The van der Waals surface area contributed by atoms with Crippen molar-refractivity contribution < 1.29 is 27.5 Å². The average Bonchev–Trinajstić information content (AvgIpc) is 2.85. The lowest BCUT2D eigenvalue weighted by Crippen LogP contribution is -2.48. The van der Waals surface area contributed by atoms with Gasteiger partial charge < -0.3 is 15.3 Å². The Labute approximate surface area is 207 Å². The van der Waals surface area contributed by atoms with Crippen LogP contribution in [0.1, 0.15) is 32.8 Å². The van der Waals surface area contributed by atoms with Gasteiger partial charge in [0.2, 0.25) is 0 Å². The summed E-state index contributed by atoms with van der Waals surface area (Å²) in [6.07, 6.45) is 1.89. The van der Waals surface area contributed by atoms with Gasteiger partial charge in [0.1, 0.15) is 11.5 Å². The highest BCUT2D eigenvalue weighted by Gasteiger charge is 2.34. The Morgan fingerprint density at radius 3 is 2.69 bits per heavy atom. The van der Waals surface area contributed by atoms with Gasteiger partial charge >= 0.3 is 10.2 Å². The van der Waals surface area contributed by atoms with Crippen LogP contribution in [-0.2, 0) is 16.8 Å². The summed E-state index contributed by atoms with van der Waals surface area (Å²) in [6.45, 7) is 0.248. The predicted molar refractivity (Wildman–Crippen MR) is 128 cm³/mol. The van der Waals surface area contributed by atoms with E-state index in [1.165, 1.54) is 48.7 Å². The number of amides is 2. The van der Waals surface area contributed by atoms with Gasteiger partial charge in [-0.05, 0) is 42.0 Å². The fourth-order valence-corrected chi connectivity index (χ4v) is 5.31. The molecule has 0 bridgehead atoms. The molecule has 1 aliphatic heterocycles. The second-order valence-electron chi connectivity index (χ2n) is 8.45. The number of carbonyl (C=O) groups excluding carboxylic acids is 2. The number of anilines is 1. The molecule has 0 atom stereocenters. The summed E-state index contributed by atoms with van der Waals surface area (Å²) in [5, 5.41) is 15.8. The number of benzene rings is 1. The summed E-state index contributed by atoms with van der Waals surface area (Å²) in [7, 11) is 0.543. The third kappa shape index (κ3) is 4.54. The predicted octanol–water partition coefficient (Wildman–Crippen LogP) is 0.861. The largest absolute Gasteiger partial charge is 0.869 e. The Hall–Kier alpha value is -3.84. The Kier molecular flexibility index (Phi) is 6.78. The van der Waals surface area contributed by atoms with Gasteiger partial charge in [-0.15, -0.1) is 0 Å². The van der Waals surface area contributed by atoms with Crippen LogP contribution in [0.3, 0.4) is 0 Å². The Morgan fingerprint density at radius 1 is 1.22 bits per heavy atom. The van der Waals surface area contributed by atoms with E-state index < -0.39 is 39.3 Å². The topological polar surface area (TPSA) is 139 Å². The molecule has 3 heterocycles. The molecule has 0 spiro atoms. The van der Waals surface area contributed by atoms with Crippen LogP contribution in [0.15, 0.2) is 36.5 Å². The number of aromatic nitrogens is 2. The van der Waals surface area contributed by atoms with E-state index in [2.05, 4.69) is 15.3 Å². The lowest BCUT2D eigenvalue weighted by Gasteiger charge is -2.34. The number of carbonyl (C=O) groups is 2. The summed E-state index contributed by atoms with van der Waals surface area (Å²) in [4.78, 5) is 35.1. The van der Waals surface area contributed by atoms with E-state index in [-0.39, 0.29) is 35.4 Å². The minimum absolute atomic E-state index is 0.0546. The zero-order valence-corrected chi connectivity index (χ0v) is 20.7. The van der Waals surface area contributed by atoms with Crippen molar-refractivity contribution >= 4 is 38.7 Å². The number of hydrogen-bond donors (Lipinski definition) is 1. The summed E-state index contributed by atoms with van der Waals surface area (Å²) in [5.74, 6) is -2.79. The average molecular weight is 516 g/mol. The van der Waals surface area contributed by atoms with Crippen LogP contribution in [0.25, 0.3) is 10.9 Å². The van der Waals surface area contributed by atoms with Crippen LogP contribution in [0.4, 0.5) is 10.2 Å². The minimum atomic E-state index is -3.92. The smallest absolute Gasteiger partial charge is 0.305 e. The molecule has 0 radical (unpaired) electrons. The summed E-state index contributed by atoms with van der Waals surface area (Å²) in [6, 6.07) is 6.65. The lowest BCUT2D eigenvalue weighted by atomic mass is 10.1. The van der Waals surface area contributed by atoms with Crippen molar-refractivity contribution in [1.29, 1.82) is 0 Å². The van der Waals surface area contributed by atoms with E-state index in [0.29, 0.717) is 18.5 Å². The van der Waals surface area contributed by atoms with Crippen LogP contribution >= 0.6 is 0 Å². The van der Waals surface area contributed by atoms with Crippen molar-refractivity contribution in [3.8, 4) is 5.75 Å². The SMILES string of the molecule is CN(C)C(=O)c1cc(F)ccc1CNC(=O)c1nc(N2CCCN(C)S2(=O)=O)c2cccnc2c1[O-]. The van der Waals surface area contributed by atoms with E-state index in [0.717, 1.165) is 16.4 Å². The van der Waals surface area contributed by atoms with Gasteiger partial charge in [0.15, 0.2) is 5.82 Å². The molecule has 1 aliphatic rings. The fraction of sp³-hybridized carbons (Fsp3) is 0.304. The Bertz CT molecular complexity index is 1460. The quantitative estimate of drug-likeness (QED) is 0.532. The van der Waals surface area contributed by atoms with Gasteiger partial charge in [0.25, 0.3) is 11.8 Å². The first-order valence-corrected chi connectivity index (χ1v) is 12.4. The van der Waals surface area contributed by atoms with Crippen LogP contribution in [-0.4, -0.2) is 73.6 Å². The molecular formula is C23H24FN6O5S-. The van der Waals surface area contributed by atoms with Crippen LogP contribution in [0, 0.1) is 5.82 Å². The summed E-state index contributed by atoms with van der Waals surface area (Å²) >= 11 is 0. The Balaban J connectivity index is 1.73. The molecule has 1 aromatic carbocycles. The highest BCUT2D eigenvalue weighted by Crippen LogP contribution is 2.33. The molecule has 36 heavy (non-hydrogen) atoms. The zero-order valence-electron chi connectivity index (χ0n) is 19.9. The second-order valence-corrected chi connectivity index (χ2v) is 10.4. The number of nitrogens with zero attached hydrogens (tertiary/aromatic N) is 5. The summed E-state index contributed by atoms with van der Waals surface area (Å²) < 4.78 is 41.9. The maximum atomic E-state index is 13.8. The van der Waals surface area contributed by atoms with E-state index in [1.54, 1.807) is 6.07 Å². The highest BCUT2D eigenvalue weighted by molar-refractivity contribution is 7.90. The number of rotatable bonds is 5. The van der Waals surface area contributed by atoms with Gasteiger partial charge in [0, 0.05) is 57.9 Å². The van der Waals surface area contributed by atoms with E-state index in [4.69, 9.17) is 0 Å². The maximum absolute atomic E-state index is 13.8. The number of fused-ring (bicyclic) bond motifs is 1. The van der Waals surface area contributed by atoms with Crippen molar-refractivity contribution in [2.24, 2.45) is 0 Å². The molecule has 4 rings (SSSR count). The third-order valence-corrected chi connectivity index (χ3v) is 7.69. The first kappa shape index (κ1) is 25.3. The van der Waals surface area contributed by atoms with Gasteiger partial charge in [-0.25, -0.2) is 13.7 Å². The molecule has 0 unspecified atom stereocenters. The summed E-state index contributed by atoms with van der Waals surface area (Å²) in [5.41, 5.74) is -0.252. The molecule has 190 valence electrons. The Morgan fingerprint density at radius 2 is 1.97 bits per heavy atom. The standard InChI is InChI=1S/C23H25FN6O5S/c1-28(2)23(33)17-12-15(24)8-7-14(17)13-26-22(32)19-20(31)18-16(6-4-9-25-18)21(27-19)30-11-5-10-29(3)36(30,34)35/h4,6-9,12,31H,5,10-11,13H2,1-3H3,(H,26,32)/p-1. The number of nitrogens with one attached hydrogen (secondary N) is 1. The van der Waals surface area contributed by atoms with Crippen molar-refractivity contribution in [2.75, 3.05) is 38.5 Å². The molecule has 13 heteroatoms. The first-order valence-electron chi connectivity index (χ1n) is 11.0. The minimum Gasteiger partial charge on any atom is -0.869 e. The lowest BCUT2D eigenvalue weighted by molar-refractivity contribution is -0.266. The molecule has 3 aromatic rings. The van der Waals surface area contributed by atoms with Gasteiger partial charge in [-0.1, -0.05) is 6.07 Å². The molecule has 2 amide bonds. The van der Waals surface area contributed by atoms with Crippen molar-refractivity contribution in [3.05, 3.63) is 59.2 Å². The van der Waals surface area contributed by atoms with Crippen molar-refractivity contribution in [2.45, 2.75) is 13.0 Å². The molecule has 0 saturated carbocycles. The van der Waals surface area contributed by atoms with Crippen LogP contribution in [0.2, 0.25) is 0 Å². The molecular weight excluding hydrogens is 491 g/mol. The fourth-order valence-electron chi connectivity index (χ4n) is 3.89.